The van der Waals surface area contributed by atoms with Crippen LogP contribution in [0.4, 0.5) is 32.0 Å². The average Bonchev–Trinajstić information content (AvgIpc) is 3.21. The van der Waals surface area contributed by atoms with Gasteiger partial charge in [0.05, 0.1) is 29.9 Å². The summed E-state index contributed by atoms with van der Waals surface area (Å²) in [5.74, 6) is -0.627. The zero-order valence-corrected chi connectivity index (χ0v) is 20.0. The number of aliphatic hydroxyl groups excluding tert-OH is 2. The second kappa shape index (κ2) is 11.1. The fourth-order valence-electron chi connectivity index (χ4n) is 4.86. The highest BCUT2D eigenvalue weighted by Gasteiger charge is 2.47. The molecular formula is C25H27F6N3O4. The van der Waals surface area contributed by atoms with Gasteiger partial charge in [0.15, 0.2) is 0 Å². The van der Waals surface area contributed by atoms with Gasteiger partial charge in [0.1, 0.15) is 12.2 Å². The van der Waals surface area contributed by atoms with E-state index in [4.69, 9.17) is 4.74 Å². The van der Waals surface area contributed by atoms with Gasteiger partial charge in [-0.3, -0.25) is 9.69 Å². The van der Waals surface area contributed by atoms with E-state index >= 15 is 0 Å². The van der Waals surface area contributed by atoms with Crippen LogP contribution in [0.15, 0.2) is 48.5 Å². The van der Waals surface area contributed by atoms with Crippen LogP contribution in [0.5, 0.6) is 0 Å². The number of nitrogens with zero attached hydrogens (tertiary/aromatic N) is 2. The molecule has 4 atom stereocenters. The summed E-state index contributed by atoms with van der Waals surface area (Å²) >= 11 is 0. The van der Waals surface area contributed by atoms with E-state index in [1.807, 2.05) is 4.90 Å². The van der Waals surface area contributed by atoms with Crippen molar-refractivity contribution >= 4 is 11.6 Å². The molecule has 208 valence electrons. The lowest BCUT2D eigenvalue weighted by molar-refractivity contribution is -0.138. The van der Waals surface area contributed by atoms with Crippen molar-refractivity contribution in [3.63, 3.8) is 0 Å². The Bertz CT molecular complexity index is 1100. The summed E-state index contributed by atoms with van der Waals surface area (Å²) in [5.41, 5.74) is -1.18. The third-order valence-corrected chi connectivity index (χ3v) is 6.85. The van der Waals surface area contributed by atoms with E-state index in [2.05, 4.69) is 5.32 Å². The Morgan fingerprint density at radius 3 is 2.13 bits per heavy atom. The summed E-state index contributed by atoms with van der Waals surface area (Å²) in [6, 6.07) is 8.14. The number of anilines is 1. The summed E-state index contributed by atoms with van der Waals surface area (Å²) in [6.07, 6.45) is -11.7. The number of piperazine rings is 1. The van der Waals surface area contributed by atoms with E-state index in [-0.39, 0.29) is 12.1 Å². The molecular weight excluding hydrogens is 520 g/mol. The van der Waals surface area contributed by atoms with E-state index < -0.39 is 60.3 Å². The van der Waals surface area contributed by atoms with Crippen molar-refractivity contribution in [2.45, 2.75) is 36.7 Å². The number of hydrogen-bond donors (Lipinski definition) is 3. The number of carbonyl (C=O) groups excluding carboxylic acids is 1. The maximum absolute atomic E-state index is 13.1. The number of benzene rings is 2. The molecule has 4 rings (SSSR count). The first kappa shape index (κ1) is 28.1. The smallest absolute Gasteiger partial charge is 0.394 e. The van der Waals surface area contributed by atoms with E-state index in [0.29, 0.717) is 31.9 Å². The predicted octanol–water partition coefficient (Wildman–Crippen LogP) is 2.77. The lowest BCUT2D eigenvalue weighted by Crippen LogP contribution is -2.57. The quantitative estimate of drug-likeness (QED) is 0.483. The molecule has 0 aromatic heterocycles. The maximum atomic E-state index is 13.1. The fraction of sp³-hybridized carbons (Fsp3) is 0.480. The van der Waals surface area contributed by atoms with E-state index in [1.54, 1.807) is 11.0 Å². The molecule has 2 fully saturated rings. The minimum absolute atomic E-state index is 0.0153. The molecule has 13 heteroatoms. The van der Waals surface area contributed by atoms with Crippen LogP contribution in [0.25, 0.3) is 0 Å². The topological polar surface area (TPSA) is 85.3 Å². The third-order valence-electron chi connectivity index (χ3n) is 6.85. The van der Waals surface area contributed by atoms with Crippen LogP contribution in [0.1, 0.15) is 21.5 Å². The Kier molecular flexibility index (Phi) is 8.21. The Morgan fingerprint density at radius 1 is 0.921 bits per heavy atom. The summed E-state index contributed by atoms with van der Waals surface area (Å²) in [5, 5.41) is 23.0. The molecule has 4 unspecified atom stereocenters. The Morgan fingerprint density at radius 2 is 1.55 bits per heavy atom. The van der Waals surface area contributed by atoms with Gasteiger partial charge in [-0.2, -0.15) is 26.3 Å². The predicted molar refractivity (Wildman–Crippen MR) is 125 cm³/mol. The molecule has 3 N–H and O–H groups in total. The van der Waals surface area contributed by atoms with Crippen molar-refractivity contribution in [3.8, 4) is 0 Å². The highest BCUT2D eigenvalue weighted by molar-refractivity contribution is 5.94. The number of carbonyl (C=O) groups is 1. The normalized spacial score (nSPS) is 25.0. The Labute approximate surface area is 214 Å². The zero-order chi connectivity index (χ0) is 27.7. The molecule has 2 heterocycles. The van der Waals surface area contributed by atoms with Crippen molar-refractivity contribution in [1.82, 2.24) is 10.2 Å². The molecule has 2 aliphatic heterocycles. The van der Waals surface area contributed by atoms with Gasteiger partial charge in [0.25, 0.3) is 5.91 Å². The van der Waals surface area contributed by atoms with Crippen molar-refractivity contribution in [3.05, 3.63) is 65.2 Å². The van der Waals surface area contributed by atoms with Gasteiger partial charge in [0.2, 0.25) is 0 Å². The minimum atomic E-state index is -4.53. The van der Waals surface area contributed by atoms with Crippen molar-refractivity contribution in [2.75, 3.05) is 44.2 Å². The van der Waals surface area contributed by atoms with Crippen LogP contribution in [-0.4, -0.2) is 84.7 Å². The minimum Gasteiger partial charge on any atom is -0.394 e. The van der Waals surface area contributed by atoms with Crippen LogP contribution in [-0.2, 0) is 17.1 Å². The number of aliphatic hydroxyl groups is 2. The van der Waals surface area contributed by atoms with Gasteiger partial charge < -0.3 is 25.2 Å². The highest BCUT2D eigenvalue weighted by Crippen LogP contribution is 2.33. The molecule has 1 amide bonds. The van der Waals surface area contributed by atoms with Gasteiger partial charge in [-0.05, 0) is 42.5 Å². The lowest BCUT2D eigenvalue weighted by atomic mass is 10.0. The molecule has 2 aromatic carbocycles. The third kappa shape index (κ3) is 6.22. The number of halogens is 6. The van der Waals surface area contributed by atoms with Crippen molar-refractivity contribution in [1.29, 1.82) is 0 Å². The van der Waals surface area contributed by atoms with Crippen molar-refractivity contribution < 1.29 is 46.1 Å². The van der Waals surface area contributed by atoms with Crippen LogP contribution >= 0.6 is 0 Å². The first-order valence-electron chi connectivity index (χ1n) is 11.9. The molecule has 7 nitrogen and oxygen atoms in total. The van der Waals surface area contributed by atoms with Gasteiger partial charge in [0, 0.05) is 44.0 Å². The Balaban J connectivity index is 1.39. The Hall–Kier alpha value is -2.87. The van der Waals surface area contributed by atoms with E-state index in [0.717, 1.165) is 36.4 Å². The molecule has 0 aliphatic carbocycles. The number of rotatable bonds is 6. The number of hydrogen-bond acceptors (Lipinski definition) is 6. The lowest BCUT2D eigenvalue weighted by Gasteiger charge is -2.41. The monoisotopic (exact) mass is 547 g/mol. The van der Waals surface area contributed by atoms with Gasteiger partial charge in [-0.15, -0.1) is 0 Å². The first-order chi connectivity index (χ1) is 17.9. The maximum Gasteiger partial charge on any atom is 0.416 e. The average molecular weight is 547 g/mol. The van der Waals surface area contributed by atoms with E-state index in [9.17, 15) is 41.4 Å². The number of ether oxygens (including phenoxy) is 1. The van der Waals surface area contributed by atoms with Gasteiger partial charge >= 0.3 is 12.4 Å². The molecule has 0 saturated carbocycles. The van der Waals surface area contributed by atoms with Crippen molar-refractivity contribution in [2.24, 2.45) is 0 Å². The largest absolute Gasteiger partial charge is 0.416 e. The first-order valence-corrected chi connectivity index (χ1v) is 11.9. The molecule has 0 bridgehead atoms. The second-order valence-electron chi connectivity index (χ2n) is 9.23. The summed E-state index contributed by atoms with van der Waals surface area (Å²) in [4.78, 5) is 16.2. The SMILES string of the molecule is O=C(NCC1OC(CO)C(O)C1N1CCN(c2cccc(C(F)(F)F)c2)CC1)c1ccc(C(F)(F)F)cc1. The van der Waals surface area contributed by atoms with Gasteiger partial charge in [-0.25, -0.2) is 0 Å². The number of nitrogens with one attached hydrogen (secondary N) is 1. The van der Waals surface area contributed by atoms with Crippen LogP contribution < -0.4 is 10.2 Å². The van der Waals surface area contributed by atoms with E-state index in [1.165, 1.54) is 6.07 Å². The van der Waals surface area contributed by atoms with Crippen LogP contribution in [0.2, 0.25) is 0 Å². The van der Waals surface area contributed by atoms with Gasteiger partial charge in [-0.1, -0.05) is 6.07 Å². The fourth-order valence-corrected chi connectivity index (χ4v) is 4.86. The standard InChI is InChI=1S/C25H27F6N3O4/c26-24(27,28)16-6-4-15(5-7-16)23(37)32-13-19-21(22(36)20(14-35)38-19)34-10-8-33(9-11-34)18-3-1-2-17(12-18)25(29,30)31/h1-7,12,19-22,35-36H,8-11,13-14H2,(H,32,37). The molecule has 38 heavy (non-hydrogen) atoms. The molecule has 2 aromatic rings. The zero-order valence-electron chi connectivity index (χ0n) is 20.0. The molecule has 2 aliphatic rings. The highest BCUT2D eigenvalue weighted by atomic mass is 19.4. The van der Waals surface area contributed by atoms with Crippen LogP contribution in [0, 0.1) is 0 Å². The molecule has 2 saturated heterocycles. The number of alkyl halides is 6. The summed E-state index contributed by atoms with van der Waals surface area (Å²) in [7, 11) is 0. The van der Waals surface area contributed by atoms with Crippen LogP contribution in [0.3, 0.4) is 0 Å². The number of amides is 1. The summed E-state index contributed by atoms with van der Waals surface area (Å²) in [6.45, 7) is 0.959. The second-order valence-corrected chi connectivity index (χ2v) is 9.23. The molecule has 0 spiro atoms. The summed E-state index contributed by atoms with van der Waals surface area (Å²) < 4.78 is 83.4. The molecule has 0 radical (unpaired) electrons.